The van der Waals surface area contributed by atoms with E-state index in [1.807, 2.05) is 12.1 Å². The smallest absolute Gasteiger partial charge is 0.305 e. The summed E-state index contributed by atoms with van der Waals surface area (Å²) in [5, 5.41) is 11.3. The summed E-state index contributed by atoms with van der Waals surface area (Å²) in [6.45, 7) is 0. The van der Waals surface area contributed by atoms with Gasteiger partial charge < -0.3 is 19.3 Å². The maximum absolute atomic E-state index is 12.8. The van der Waals surface area contributed by atoms with Gasteiger partial charge in [0.05, 0.1) is 21.3 Å². The molecule has 2 rings (SSSR count). The number of ether oxygens (including phenoxy) is 3. The number of Topliss-reactive ketones (excluding diaryl/α,β-unsaturated/α-hetero) is 1. The minimum atomic E-state index is -3.77. The molecule has 1 aliphatic rings. The van der Waals surface area contributed by atoms with Crippen molar-refractivity contribution in [2.45, 2.75) is 57.0 Å². The highest BCUT2D eigenvalue weighted by Crippen LogP contribution is 2.38. The maximum Gasteiger partial charge on any atom is 0.305 e. The topological polar surface area (TPSA) is 116 Å². The number of aliphatic hydroxyl groups is 1. The van der Waals surface area contributed by atoms with E-state index in [9.17, 15) is 23.1 Å². The van der Waals surface area contributed by atoms with Crippen molar-refractivity contribution in [3.8, 4) is 11.5 Å². The van der Waals surface area contributed by atoms with Gasteiger partial charge in [-0.3, -0.25) is 9.59 Å². The summed E-state index contributed by atoms with van der Waals surface area (Å²) in [6.07, 6.45) is 8.01. The number of esters is 1. The van der Waals surface area contributed by atoms with Crippen LogP contribution in [0.4, 0.5) is 0 Å². The lowest BCUT2D eigenvalue weighted by Gasteiger charge is -2.22. The van der Waals surface area contributed by atoms with Gasteiger partial charge in [-0.2, -0.15) is 0 Å². The number of methoxy groups -OCH3 is 3. The van der Waals surface area contributed by atoms with Gasteiger partial charge >= 0.3 is 5.97 Å². The third-order valence-electron chi connectivity index (χ3n) is 5.84. The molecule has 0 amide bonds. The number of sulfone groups is 1. The highest BCUT2D eigenvalue weighted by molar-refractivity contribution is 7.95. The second kappa shape index (κ2) is 12.2. The zero-order valence-corrected chi connectivity index (χ0v) is 21.1. The van der Waals surface area contributed by atoms with Crippen molar-refractivity contribution >= 4 is 21.6 Å². The molecule has 0 saturated carbocycles. The van der Waals surface area contributed by atoms with Crippen molar-refractivity contribution < 1.29 is 37.3 Å². The van der Waals surface area contributed by atoms with Crippen LogP contribution >= 0.6 is 0 Å². The van der Waals surface area contributed by atoms with Gasteiger partial charge in [-0.15, -0.1) is 0 Å². The standard InChI is InChI=1S/C25H34O8S/c1-31-20-14-13-18(16-21(20)32-2)10-9-15-25(28)17-22(34(4,29)30)24(27)19(25)11-7-5-6-8-12-23(26)33-3/h11,13-14,16-17,28H,5-10,12,15H2,1-4H3. The van der Waals surface area contributed by atoms with Crippen LogP contribution in [0.25, 0.3) is 0 Å². The molecule has 0 aliphatic heterocycles. The summed E-state index contributed by atoms with van der Waals surface area (Å²) < 4.78 is 39.4. The Balaban J connectivity index is 2.09. The molecule has 9 heteroatoms. The van der Waals surface area contributed by atoms with Gasteiger partial charge in [0.2, 0.25) is 5.78 Å². The van der Waals surface area contributed by atoms with Crippen molar-refractivity contribution in [1.82, 2.24) is 0 Å². The second-order valence-corrected chi connectivity index (χ2v) is 10.4. The van der Waals surface area contributed by atoms with E-state index < -0.39 is 21.2 Å². The van der Waals surface area contributed by atoms with Gasteiger partial charge in [0.15, 0.2) is 21.3 Å². The predicted octanol–water partition coefficient (Wildman–Crippen LogP) is 3.32. The van der Waals surface area contributed by atoms with E-state index in [-0.39, 0.29) is 22.9 Å². The van der Waals surface area contributed by atoms with E-state index in [0.29, 0.717) is 50.0 Å². The van der Waals surface area contributed by atoms with Crippen LogP contribution in [0.1, 0.15) is 50.5 Å². The zero-order chi connectivity index (χ0) is 25.4. The molecular formula is C25H34O8S. The molecule has 1 atom stereocenters. The molecule has 8 nitrogen and oxygen atoms in total. The Hall–Kier alpha value is -2.65. The monoisotopic (exact) mass is 494 g/mol. The molecule has 1 N–H and O–H groups in total. The third kappa shape index (κ3) is 7.17. The first-order valence-corrected chi connectivity index (χ1v) is 13.1. The van der Waals surface area contributed by atoms with E-state index >= 15 is 0 Å². The first-order chi connectivity index (χ1) is 16.1. The largest absolute Gasteiger partial charge is 0.493 e. The van der Waals surface area contributed by atoms with Crippen LogP contribution in [0, 0.1) is 0 Å². The average molecular weight is 495 g/mol. The van der Waals surface area contributed by atoms with Crippen LogP contribution in [0.5, 0.6) is 11.5 Å². The summed E-state index contributed by atoms with van der Waals surface area (Å²) in [4.78, 5) is 23.7. The van der Waals surface area contributed by atoms with Crippen LogP contribution in [-0.2, 0) is 30.6 Å². The maximum atomic E-state index is 12.8. The van der Waals surface area contributed by atoms with E-state index in [1.165, 1.54) is 13.2 Å². The molecule has 0 radical (unpaired) electrons. The summed E-state index contributed by atoms with van der Waals surface area (Å²) in [5.41, 5.74) is -0.569. The number of hydrogen-bond acceptors (Lipinski definition) is 8. The van der Waals surface area contributed by atoms with Gasteiger partial charge in [0, 0.05) is 18.2 Å². The van der Waals surface area contributed by atoms with E-state index in [4.69, 9.17) is 9.47 Å². The highest BCUT2D eigenvalue weighted by Gasteiger charge is 2.44. The zero-order valence-electron chi connectivity index (χ0n) is 20.3. The molecule has 0 saturated heterocycles. The van der Waals surface area contributed by atoms with Crippen molar-refractivity contribution in [2.75, 3.05) is 27.6 Å². The molecule has 1 aromatic rings. The Bertz CT molecular complexity index is 1050. The summed E-state index contributed by atoms with van der Waals surface area (Å²) in [5.74, 6) is 0.298. The molecule has 0 bridgehead atoms. The molecule has 34 heavy (non-hydrogen) atoms. The fourth-order valence-corrected chi connectivity index (χ4v) is 4.83. The fourth-order valence-electron chi connectivity index (χ4n) is 3.98. The number of hydrogen-bond donors (Lipinski definition) is 1. The van der Waals surface area contributed by atoms with Gasteiger partial charge in [-0.25, -0.2) is 8.42 Å². The molecule has 0 spiro atoms. The van der Waals surface area contributed by atoms with Gasteiger partial charge in [-0.1, -0.05) is 18.6 Å². The number of benzene rings is 1. The Morgan fingerprint density at radius 3 is 2.38 bits per heavy atom. The number of unbranched alkanes of at least 4 members (excludes halogenated alkanes) is 3. The highest BCUT2D eigenvalue weighted by atomic mass is 32.2. The normalized spacial score (nSPS) is 19.3. The number of carbonyl (C=O) groups is 2. The van der Waals surface area contributed by atoms with E-state index in [1.54, 1.807) is 26.4 Å². The van der Waals surface area contributed by atoms with Crippen LogP contribution < -0.4 is 9.47 Å². The van der Waals surface area contributed by atoms with Gasteiger partial charge in [-0.05, 0) is 62.3 Å². The van der Waals surface area contributed by atoms with E-state index in [0.717, 1.165) is 18.2 Å². The minimum Gasteiger partial charge on any atom is -0.493 e. The fraction of sp³-hybridized carbons (Fsp3) is 0.520. The van der Waals surface area contributed by atoms with E-state index in [2.05, 4.69) is 4.74 Å². The third-order valence-corrected chi connectivity index (χ3v) is 6.94. The minimum absolute atomic E-state index is 0.105. The molecule has 1 unspecified atom stereocenters. The number of allylic oxidation sites excluding steroid dienone is 2. The predicted molar refractivity (Wildman–Crippen MR) is 129 cm³/mol. The number of ketones is 1. The van der Waals surface area contributed by atoms with Gasteiger partial charge in [0.1, 0.15) is 10.5 Å². The quantitative estimate of drug-likeness (QED) is 0.252. The van der Waals surface area contributed by atoms with Crippen molar-refractivity contribution in [2.24, 2.45) is 0 Å². The van der Waals surface area contributed by atoms with Crippen LogP contribution in [0.15, 0.2) is 40.8 Å². The van der Waals surface area contributed by atoms with Gasteiger partial charge in [0.25, 0.3) is 0 Å². The van der Waals surface area contributed by atoms with Crippen molar-refractivity contribution in [1.29, 1.82) is 0 Å². The van der Waals surface area contributed by atoms with Crippen molar-refractivity contribution in [3.05, 3.63) is 46.4 Å². The summed E-state index contributed by atoms with van der Waals surface area (Å²) >= 11 is 0. The Morgan fingerprint density at radius 2 is 1.76 bits per heavy atom. The first kappa shape index (κ1) is 27.6. The number of carbonyl (C=O) groups excluding carboxylic acids is 2. The number of aryl methyl sites for hydroxylation is 1. The second-order valence-electron chi connectivity index (χ2n) is 8.37. The summed E-state index contributed by atoms with van der Waals surface area (Å²) in [6, 6.07) is 5.55. The lowest BCUT2D eigenvalue weighted by atomic mass is 9.89. The number of rotatable bonds is 13. The van der Waals surface area contributed by atoms with Crippen LogP contribution in [-0.4, -0.2) is 58.5 Å². The molecule has 188 valence electrons. The molecule has 1 aliphatic carbocycles. The molecule has 0 fully saturated rings. The lowest BCUT2D eigenvalue weighted by molar-refractivity contribution is -0.140. The van der Waals surface area contributed by atoms with Crippen LogP contribution in [0.3, 0.4) is 0 Å². The Kier molecular flexibility index (Phi) is 9.88. The Morgan fingerprint density at radius 1 is 1.06 bits per heavy atom. The molecular weight excluding hydrogens is 460 g/mol. The average Bonchev–Trinajstić information content (AvgIpc) is 3.06. The Labute approximate surface area is 201 Å². The molecule has 1 aromatic carbocycles. The summed E-state index contributed by atoms with van der Waals surface area (Å²) in [7, 11) is 0.684. The first-order valence-electron chi connectivity index (χ1n) is 11.2. The van der Waals surface area contributed by atoms with Crippen LogP contribution in [0.2, 0.25) is 0 Å². The SMILES string of the molecule is COC(=O)CCCCCC=C1C(=O)C(S(C)(=O)=O)=CC1(O)CCCc1ccc(OC)c(OC)c1. The molecule has 0 heterocycles. The lowest BCUT2D eigenvalue weighted by Crippen LogP contribution is -2.28. The molecule has 0 aromatic heterocycles. The van der Waals surface area contributed by atoms with Crippen molar-refractivity contribution in [3.63, 3.8) is 0 Å².